The Bertz CT molecular complexity index is 495. The third-order valence-electron chi connectivity index (χ3n) is 2.86. The van der Waals surface area contributed by atoms with E-state index in [9.17, 15) is 0 Å². The topological polar surface area (TPSA) is 35.2 Å². The van der Waals surface area contributed by atoms with Crippen LogP contribution in [-0.4, -0.2) is 7.11 Å². The second-order valence-electron chi connectivity index (χ2n) is 4.14. The first-order valence-electron chi connectivity index (χ1n) is 5.83. The van der Waals surface area contributed by atoms with Crippen molar-refractivity contribution in [3.8, 4) is 5.75 Å². The molecule has 4 heteroatoms. The van der Waals surface area contributed by atoms with Gasteiger partial charge < -0.3 is 10.5 Å². The highest BCUT2D eigenvalue weighted by molar-refractivity contribution is 7.16. The van der Waals surface area contributed by atoms with Gasteiger partial charge in [0.15, 0.2) is 0 Å². The summed E-state index contributed by atoms with van der Waals surface area (Å²) in [5.41, 5.74) is 7.41. The Kier molecular flexibility index (Phi) is 4.64. The highest BCUT2D eigenvalue weighted by Gasteiger charge is 2.08. The van der Waals surface area contributed by atoms with Crippen molar-refractivity contribution in [1.29, 1.82) is 0 Å². The van der Waals surface area contributed by atoms with Crippen LogP contribution in [0.2, 0.25) is 4.34 Å². The number of thiophene rings is 1. The quantitative estimate of drug-likeness (QED) is 0.898. The first kappa shape index (κ1) is 13.4. The highest BCUT2D eigenvalue weighted by Crippen LogP contribution is 2.28. The van der Waals surface area contributed by atoms with Crippen LogP contribution in [0.15, 0.2) is 36.4 Å². The molecule has 1 aromatic carbocycles. The number of nitrogens with two attached hydrogens (primary N) is 1. The van der Waals surface area contributed by atoms with Crippen molar-refractivity contribution in [3.05, 3.63) is 51.2 Å². The maximum Gasteiger partial charge on any atom is 0.118 e. The first-order chi connectivity index (χ1) is 8.69. The van der Waals surface area contributed by atoms with Crippen molar-refractivity contribution >= 4 is 22.9 Å². The molecule has 0 amide bonds. The van der Waals surface area contributed by atoms with E-state index in [0.29, 0.717) is 0 Å². The highest BCUT2D eigenvalue weighted by atomic mass is 35.5. The molecule has 0 aliphatic carbocycles. The van der Waals surface area contributed by atoms with Crippen LogP contribution in [0.25, 0.3) is 0 Å². The van der Waals surface area contributed by atoms with Crippen LogP contribution in [0.4, 0.5) is 0 Å². The maximum atomic E-state index is 6.14. The standard InChI is InChI=1S/C14H16ClNOS/c1-17-11-5-2-10(3-6-11)4-7-12(16)13-8-9-14(15)18-13/h2-3,5-6,8-9,12H,4,7,16H2,1H3. The Hall–Kier alpha value is -1.03. The minimum absolute atomic E-state index is 0.0598. The molecule has 0 bridgehead atoms. The Labute approximate surface area is 116 Å². The number of methoxy groups -OCH3 is 1. The lowest BCUT2D eigenvalue weighted by molar-refractivity contribution is 0.414. The van der Waals surface area contributed by atoms with Crippen LogP contribution >= 0.6 is 22.9 Å². The van der Waals surface area contributed by atoms with Crippen LogP contribution in [0.3, 0.4) is 0 Å². The molecule has 0 saturated heterocycles. The number of ether oxygens (including phenoxy) is 1. The van der Waals surface area contributed by atoms with E-state index in [1.165, 1.54) is 5.56 Å². The van der Waals surface area contributed by atoms with E-state index in [2.05, 4.69) is 12.1 Å². The zero-order valence-electron chi connectivity index (χ0n) is 10.2. The smallest absolute Gasteiger partial charge is 0.118 e. The number of hydrogen-bond acceptors (Lipinski definition) is 3. The van der Waals surface area contributed by atoms with Gasteiger partial charge in [-0.15, -0.1) is 11.3 Å². The van der Waals surface area contributed by atoms with Crippen molar-refractivity contribution in [3.63, 3.8) is 0 Å². The fourth-order valence-electron chi connectivity index (χ4n) is 1.78. The molecule has 2 rings (SSSR count). The molecule has 1 aromatic heterocycles. The summed E-state index contributed by atoms with van der Waals surface area (Å²) in [6, 6.07) is 12.1. The summed E-state index contributed by atoms with van der Waals surface area (Å²) < 4.78 is 5.93. The zero-order chi connectivity index (χ0) is 13.0. The van der Waals surface area contributed by atoms with E-state index >= 15 is 0 Å². The second-order valence-corrected chi connectivity index (χ2v) is 5.88. The molecular weight excluding hydrogens is 266 g/mol. The number of aryl methyl sites for hydroxylation is 1. The molecule has 0 radical (unpaired) electrons. The van der Waals surface area contributed by atoms with Crippen LogP contribution < -0.4 is 10.5 Å². The van der Waals surface area contributed by atoms with Gasteiger partial charge in [0.05, 0.1) is 11.4 Å². The van der Waals surface area contributed by atoms with E-state index < -0.39 is 0 Å². The second kappa shape index (κ2) is 6.23. The van der Waals surface area contributed by atoms with E-state index in [1.54, 1.807) is 18.4 Å². The molecule has 1 heterocycles. The Balaban J connectivity index is 1.90. The van der Waals surface area contributed by atoms with Crippen LogP contribution in [0.5, 0.6) is 5.75 Å². The first-order valence-corrected chi connectivity index (χ1v) is 7.02. The fourth-order valence-corrected chi connectivity index (χ4v) is 2.88. The van der Waals surface area contributed by atoms with Crippen LogP contribution in [-0.2, 0) is 6.42 Å². The summed E-state index contributed by atoms with van der Waals surface area (Å²) >= 11 is 7.46. The van der Waals surface area contributed by atoms with Crippen molar-refractivity contribution in [1.82, 2.24) is 0 Å². The summed E-state index contributed by atoms with van der Waals surface area (Å²) in [6.45, 7) is 0. The van der Waals surface area contributed by atoms with Crippen molar-refractivity contribution in [2.75, 3.05) is 7.11 Å². The lowest BCUT2D eigenvalue weighted by Gasteiger charge is -2.09. The Morgan fingerprint density at radius 3 is 2.50 bits per heavy atom. The molecular formula is C14H16ClNOS. The lowest BCUT2D eigenvalue weighted by Crippen LogP contribution is -2.09. The number of benzene rings is 1. The third kappa shape index (κ3) is 3.48. The normalized spacial score (nSPS) is 12.4. The number of halogens is 1. The van der Waals surface area contributed by atoms with Gasteiger partial charge in [-0.2, -0.15) is 0 Å². The van der Waals surface area contributed by atoms with Gasteiger partial charge in [0.1, 0.15) is 5.75 Å². The predicted octanol–water partition coefficient (Wildman–Crippen LogP) is 4.04. The molecule has 2 nitrogen and oxygen atoms in total. The minimum atomic E-state index is 0.0598. The molecule has 1 unspecified atom stereocenters. The summed E-state index contributed by atoms with van der Waals surface area (Å²) in [7, 11) is 1.67. The fraction of sp³-hybridized carbons (Fsp3) is 0.286. The van der Waals surface area contributed by atoms with Crippen LogP contribution in [0, 0.1) is 0 Å². The molecule has 0 saturated carbocycles. The van der Waals surface area contributed by atoms with Gasteiger partial charge in [-0.1, -0.05) is 23.7 Å². The third-order valence-corrected chi connectivity index (χ3v) is 4.23. The predicted molar refractivity (Wildman–Crippen MR) is 77.6 cm³/mol. The molecule has 96 valence electrons. The van der Waals surface area contributed by atoms with E-state index in [4.69, 9.17) is 22.1 Å². The van der Waals surface area contributed by atoms with Gasteiger partial charge in [-0.25, -0.2) is 0 Å². The maximum absolute atomic E-state index is 6.14. The van der Waals surface area contributed by atoms with Crippen molar-refractivity contribution in [2.45, 2.75) is 18.9 Å². The SMILES string of the molecule is COc1ccc(CCC(N)c2ccc(Cl)s2)cc1. The summed E-state index contributed by atoms with van der Waals surface area (Å²) in [5.74, 6) is 0.882. The molecule has 1 atom stereocenters. The molecule has 2 aromatic rings. The van der Waals surface area contributed by atoms with E-state index in [0.717, 1.165) is 27.8 Å². The molecule has 0 spiro atoms. The molecule has 0 aliphatic heterocycles. The molecule has 0 fully saturated rings. The Morgan fingerprint density at radius 1 is 1.22 bits per heavy atom. The van der Waals surface area contributed by atoms with Crippen LogP contribution in [0.1, 0.15) is 22.9 Å². The largest absolute Gasteiger partial charge is 0.497 e. The molecule has 18 heavy (non-hydrogen) atoms. The van der Waals surface area contributed by atoms with Gasteiger partial charge in [0.25, 0.3) is 0 Å². The number of hydrogen-bond donors (Lipinski definition) is 1. The van der Waals surface area contributed by atoms with Gasteiger partial charge in [-0.3, -0.25) is 0 Å². The summed E-state index contributed by atoms with van der Waals surface area (Å²) in [5, 5.41) is 0. The van der Waals surface area contributed by atoms with Gasteiger partial charge in [0, 0.05) is 10.9 Å². The van der Waals surface area contributed by atoms with Gasteiger partial charge in [-0.05, 0) is 42.7 Å². The Morgan fingerprint density at radius 2 is 1.94 bits per heavy atom. The monoisotopic (exact) mass is 281 g/mol. The zero-order valence-corrected chi connectivity index (χ0v) is 11.8. The average Bonchev–Trinajstić information content (AvgIpc) is 2.83. The molecule has 0 aliphatic rings. The average molecular weight is 282 g/mol. The summed E-state index contributed by atoms with van der Waals surface area (Å²) in [4.78, 5) is 1.15. The summed E-state index contributed by atoms with van der Waals surface area (Å²) in [6.07, 6.45) is 1.88. The molecule has 2 N–H and O–H groups in total. The van der Waals surface area contributed by atoms with Gasteiger partial charge >= 0.3 is 0 Å². The van der Waals surface area contributed by atoms with Crippen molar-refractivity contribution < 1.29 is 4.74 Å². The van der Waals surface area contributed by atoms with Gasteiger partial charge in [0.2, 0.25) is 0 Å². The van der Waals surface area contributed by atoms with E-state index in [1.807, 2.05) is 24.3 Å². The minimum Gasteiger partial charge on any atom is -0.497 e. The number of rotatable bonds is 5. The van der Waals surface area contributed by atoms with E-state index in [-0.39, 0.29) is 6.04 Å². The lowest BCUT2D eigenvalue weighted by atomic mass is 10.0. The van der Waals surface area contributed by atoms with Crippen molar-refractivity contribution in [2.24, 2.45) is 5.73 Å².